The number of aromatic nitrogens is 2. The van der Waals surface area contributed by atoms with Crippen LogP contribution in [0.2, 0.25) is 0 Å². The fourth-order valence-electron chi connectivity index (χ4n) is 5.55. The van der Waals surface area contributed by atoms with Crippen LogP contribution in [0.25, 0.3) is 11.1 Å². The van der Waals surface area contributed by atoms with Crippen LogP contribution >= 0.6 is 0 Å². The summed E-state index contributed by atoms with van der Waals surface area (Å²) in [6.07, 6.45) is 4.76. The maximum Gasteiger partial charge on any atom is 0.320 e. The first-order chi connectivity index (χ1) is 18.6. The Balaban J connectivity index is 1.12. The second kappa shape index (κ2) is 11.1. The third-order valence-corrected chi connectivity index (χ3v) is 7.86. The number of benzene rings is 2. The number of nitrogens with two attached hydrogens (primary N) is 1. The Hall–Kier alpha value is -3.49. The molecule has 0 unspecified atom stereocenters. The molecule has 6 rings (SSSR count). The number of likely N-dealkylation sites (tertiary alicyclic amines) is 1. The van der Waals surface area contributed by atoms with E-state index in [4.69, 9.17) is 15.2 Å². The molecule has 3 aromatic rings. The van der Waals surface area contributed by atoms with Crippen LogP contribution in [-0.4, -0.2) is 53.7 Å². The molecule has 0 spiro atoms. The number of fused-ring (bicyclic) bond motifs is 1. The molecule has 4 heterocycles. The van der Waals surface area contributed by atoms with E-state index in [2.05, 4.69) is 63.4 Å². The van der Waals surface area contributed by atoms with Gasteiger partial charge in [0.25, 0.3) is 0 Å². The largest absolute Gasteiger partial charge is 0.463 e. The van der Waals surface area contributed by atoms with Crippen LogP contribution in [0.5, 0.6) is 6.01 Å². The summed E-state index contributed by atoms with van der Waals surface area (Å²) in [5.41, 5.74) is 11.6. The van der Waals surface area contributed by atoms with Gasteiger partial charge in [-0.05, 0) is 66.9 Å². The molecule has 2 saturated heterocycles. The third-order valence-electron chi connectivity index (χ3n) is 7.86. The van der Waals surface area contributed by atoms with Crippen molar-refractivity contribution in [1.82, 2.24) is 14.9 Å². The van der Waals surface area contributed by atoms with Gasteiger partial charge < -0.3 is 15.2 Å². The van der Waals surface area contributed by atoms with Gasteiger partial charge in [0.15, 0.2) is 0 Å². The standard InChI is InChI=1S/C30H35N5O3/c31-28-26-17-27(36)35(29(26)33-30(32-28)38-20-23-11-15-37-16-12-23)19-22-5-9-25(10-6-22)24-7-3-21(4-8-24)18-34-13-1-2-14-34/h3-10,23H,1-2,11-20H2,(H2,31,32,33). The molecule has 0 aliphatic carbocycles. The number of carbonyl (C=O) groups is 1. The number of anilines is 2. The van der Waals surface area contributed by atoms with E-state index in [1.54, 1.807) is 4.90 Å². The van der Waals surface area contributed by atoms with Crippen LogP contribution < -0.4 is 15.4 Å². The van der Waals surface area contributed by atoms with E-state index >= 15 is 0 Å². The van der Waals surface area contributed by atoms with Crippen molar-refractivity contribution in [3.05, 3.63) is 65.2 Å². The molecule has 1 aromatic heterocycles. The summed E-state index contributed by atoms with van der Waals surface area (Å²) in [4.78, 5) is 26.0. The minimum atomic E-state index is -0.0275. The fraction of sp³-hybridized carbons (Fsp3) is 0.433. The average molecular weight is 514 g/mol. The highest BCUT2D eigenvalue weighted by Gasteiger charge is 2.32. The van der Waals surface area contributed by atoms with Crippen LogP contribution in [0.4, 0.5) is 11.6 Å². The van der Waals surface area contributed by atoms with E-state index in [0.29, 0.717) is 36.3 Å². The Morgan fingerprint density at radius 1 is 0.895 bits per heavy atom. The highest BCUT2D eigenvalue weighted by atomic mass is 16.5. The summed E-state index contributed by atoms with van der Waals surface area (Å²) < 4.78 is 11.3. The number of ether oxygens (including phenoxy) is 2. The number of carbonyl (C=O) groups excluding carboxylic acids is 1. The zero-order valence-corrected chi connectivity index (χ0v) is 21.8. The number of nitrogen functional groups attached to an aromatic ring is 1. The molecular formula is C30H35N5O3. The van der Waals surface area contributed by atoms with Crippen molar-refractivity contribution in [2.45, 2.75) is 45.2 Å². The summed E-state index contributed by atoms with van der Waals surface area (Å²) in [6.45, 7) is 5.90. The molecule has 1 amide bonds. The molecular weight excluding hydrogens is 478 g/mol. The fourth-order valence-corrected chi connectivity index (χ4v) is 5.55. The number of amides is 1. The zero-order chi connectivity index (χ0) is 25.9. The monoisotopic (exact) mass is 513 g/mol. The lowest BCUT2D eigenvalue weighted by Gasteiger charge is -2.22. The number of hydrogen-bond donors (Lipinski definition) is 1. The molecule has 2 aromatic carbocycles. The number of hydrogen-bond acceptors (Lipinski definition) is 7. The summed E-state index contributed by atoms with van der Waals surface area (Å²) in [5, 5.41) is 0. The quantitative estimate of drug-likeness (QED) is 0.482. The lowest BCUT2D eigenvalue weighted by molar-refractivity contribution is -0.117. The minimum absolute atomic E-state index is 0.0275. The zero-order valence-electron chi connectivity index (χ0n) is 21.8. The Morgan fingerprint density at radius 3 is 2.18 bits per heavy atom. The van der Waals surface area contributed by atoms with Crippen molar-refractivity contribution >= 4 is 17.5 Å². The van der Waals surface area contributed by atoms with E-state index in [1.165, 1.54) is 37.1 Å². The average Bonchev–Trinajstić information content (AvgIpc) is 3.57. The van der Waals surface area contributed by atoms with Crippen molar-refractivity contribution in [3.8, 4) is 17.1 Å². The maximum absolute atomic E-state index is 12.9. The van der Waals surface area contributed by atoms with E-state index in [1.807, 2.05) is 0 Å². The molecule has 2 fully saturated rings. The van der Waals surface area contributed by atoms with Crippen molar-refractivity contribution in [2.24, 2.45) is 5.92 Å². The van der Waals surface area contributed by atoms with Gasteiger partial charge in [0.1, 0.15) is 11.6 Å². The second-order valence-electron chi connectivity index (χ2n) is 10.6. The number of rotatable bonds is 8. The molecule has 198 valence electrons. The van der Waals surface area contributed by atoms with Gasteiger partial charge in [0.05, 0.1) is 19.6 Å². The minimum Gasteiger partial charge on any atom is -0.463 e. The van der Waals surface area contributed by atoms with E-state index < -0.39 is 0 Å². The summed E-state index contributed by atoms with van der Waals surface area (Å²) in [7, 11) is 0. The molecule has 8 nitrogen and oxygen atoms in total. The van der Waals surface area contributed by atoms with Crippen LogP contribution in [-0.2, 0) is 29.0 Å². The molecule has 0 bridgehead atoms. The Bertz CT molecular complexity index is 1270. The van der Waals surface area contributed by atoms with Crippen LogP contribution in [0, 0.1) is 5.92 Å². The summed E-state index contributed by atoms with van der Waals surface area (Å²) in [6, 6.07) is 17.5. The second-order valence-corrected chi connectivity index (χ2v) is 10.6. The SMILES string of the molecule is Nc1nc(OCC2CCOCC2)nc2c1CC(=O)N2Cc1ccc(-c2ccc(CN3CCCC3)cc2)cc1. The van der Waals surface area contributed by atoms with Gasteiger partial charge in [-0.15, -0.1) is 0 Å². The molecule has 3 aliphatic heterocycles. The van der Waals surface area contributed by atoms with Crippen LogP contribution in [0.3, 0.4) is 0 Å². The molecule has 3 aliphatic rings. The highest BCUT2D eigenvalue weighted by molar-refractivity contribution is 6.01. The lowest BCUT2D eigenvalue weighted by Crippen LogP contribution is -2.27. The first-order valence-electron chi connectivity index (χ1n) is 13.7. The van der Waals surface area contributed by atoms with Crippen molar-refractivity contribution in [2.75, 3.05) is 43.5 Å². The molecule has 0 radical (unpaired) electrons. The van der Waals surface area contributed by atoms with Gasteiger partial charge in [-0.1, -0.05) is 48.5 Å². The maximum atomic E-state index is 12.9. The molecule has 0 atom stereocenters. The Morgan fingerprint density at radius 2 is 1.53 bits per heavy atom. The van der Waals surface area contributed by atoms with Gasteiger partial charge in [0.2, 0.25) is 5.91 Å². The van der Waals surface area contributed by atoms with E-state index in [-0.39, 0.29) is 18.3 Å². The highest BCUT2D eigenvalue weighted by Crippen LogP contribution is 2.34. The summed E-state index contributed by atoms with van der Waals surface area (Å²) in [5.74, 6) is 1.26. The van der Waals surface area contributed by atoms with E-state index in [9.17, 15) is 4.79 Å². The van der Waals surface area contributed by atoms with Crippen molar-refractivity contribution in [1.29, 1.82) is 0 Å². The summed E-state index contributed by atoms with van der Waals surface area (Å²) >= 11 is 0. The lowest BCUT2D eigenvalue weighted by atomic mass is 10.0. The van der Waals surface area contributed by atoms with Gasteiger partial charge in [0, 0.05) is 25.3 Å². The third kappa shape index (κ3) is 5.51. The smallest absolute Gasteiger partial charge is 0.320 e. The molecule has 0 saturated carbocycles. The predicted molar refractivity (Wildman–Crippen MR) is 147 cm³/mol. The van der Waals surface area contributed by atoms with E-state index in [0.717, 1.165) is 43.7 Å². The first-order valence-corrected chi connectivity index (χ1v) is 13.7. The Labute approximate surface area is 223 Å². The number of nitrogens with zero attached hydrogens (tertiary/aromatic N) is 4. The topological polar surface area (TPSA) is 93.8 Å². The van der Waals surface area contributed by atoms with Crippen LogP contribution in [0.1, 0.15) is 42.4 Å². The van der Waals surface area contributed by atoms with Crippen molar-refractivity contribution < 1.29 is 14.3 Å². The first kappa shape index (κ1) is 24.8. The van der Waals surface area contributed by atoms with Crippen molar-refractivity contribution in [3.63, 3.8) is 0 Å². The van der Waals surface area contributed by atoms with Gasteiger partial charge in [-0.3, -0.25) is 14.6 Å². The van der Waals surface area contributed by atoms with Gasteiger partial charge >= 0.3 is 6.01 Å². The Kier molecular flexibility index (Phi) is 7.25. The van der Waals surface area contributed by atoms with Crippen LogP contribution in [0.15, 0.2) is 48.5 Å². The molecule has 2 N–H and O–H groups in total. The predicted octanol–water partition coefficient (Wildman–Crippen LogP) is 4.22. The van der Waals surface area contributed by atoms with Gasteiger partial charge in [-0.25, -0.2) is 0 Å². The molecule has 8 heteroatoms. The normalized spacial score (nSPS) is 18.2. The van der Waals surface area contributed by atoms with Gasteiger partial charge in [-0.2, -0.15) is 9.97 Å². The molecule has 38 heavy (non-hydrogen) atoms.